The van der Waals surface area contributed by atoms with E-state index in [0.29, 0.717) is 44.2 Å². The summed E-state index contributed by atoms with van der Waals surface area (Å²) in [7, 11) is 0. The van der Waals surface area contributed by atoms with Gasteiger partial charge in [-0.2, -0.15) is 15.1 Å². The van der Waals surface area contributed by atoms with E-state index in [2.05, 4.69) is 62.7 Å². The molecule has 2 heterocycles. The van der Waals surface area contributed by atoms with Gasteiger partial charge >= 0.3 is 0 Å². The minimum Gasteiger partial charge on any atom is -0.378 e. The Kier molecular flexibility index (Phi) is 8.15. The van der Waals surface area contributed by atoms with Crippen molar-refractivity contribution < 1.29 is 9.47 Å². The number of azo groups is 1. The zero-order valence-electron chi connectivity index (χ0n) is 20.9. The topological polar surface area (TPSA) is 84.2 Å². The first kappa shape index (κ1) is 24.3. The van der Waals surface area contributed by atoms with Gasteiger partial charge in [0.1, 0.15) is 5.82 Å². The molecular formula is C28H34N6O2. The van der Waals surface area contributed by atoms with Crippen LogP contribution in [0.5, 0.6) is 0 Å². The van der Waals surface area contributed by atoms with Crippen molar-refractivity contribution in [2.75, 3.05) is 36.5 Å². The minimum absolute atomic E-state index is 0.414. The number of aryl methyl sites for hydroxylation is 1. The van der Waals surface area contributed by atoms with Gasteiger partial charge in [0, 0.05) is 24.8 Å². The summed E-state index contributed by atoms with van der Waals surface area (Å²) in [5.41, 5.74) is 4.42. The summed E-state index contributed by atoms with van der Waals surface area (Å²) in [5.74, 6) is 1.85. The number of hydrogen-bond acceptors (Lipinski definition) is 8. The average Bonchev–Trinajstić information content (AvgIpc) is 3.43. The van der Waals surface area contributed by atoms with Crippen molar-refractivity contribution in [3.63, 3.8) is 0 Å². The van der Waals surface area contributed by atoms with Gasteiger partial charge in [0.2, 0.25) is 5.95 Å². The first-order valence-corrected chi connectivity index (χ1v) is 12.8. The van der Waals surface area contributed by atoms with Crippen LogP contribution in [-0.4, -0.2) is 42.4 Å². The number of aromatic nitrogens is 2. The molecule has 188 valence electrons. The summed E-state index contributed by atoms with van der Waals surface area (Å²) in [6, 6.07) is 18.4. The molecule has 2 aromatic carbocycles. The molecule has 1 saturated heterocycles. The van der Waals surface area contributed by atoms with E-state index in [4.69, 9.17) is 14.5 Å². The first-order chi connectivity index (χ1) is 17.7. The van der Waals surface area contributed by atoms with Crippen molar-refractivity contribution in [1.82, 2.24) is 9.97 Å². The van der Waals surface area contributed by atoms with Gasteiger partial charge in [-0.3, -0.25) is 0 Å². The van der Waals surface area contributed by atoms with Crippen LogP contribution in [0.1, 0.15) is 42.4 Å². The van der Waals surface area contributed by atoms with Crippen LogP contribution in [0.15, 0.2) is 64.8 Å². The number of nitrogens with zero attached hydrogens (tertiary/aromatic N) is 5. The van der Waals surface area contributed by atoms with Crippen LogP contribution in [0.3, 0.4) is 0 Å². The summed E-state index contributed by atoms with van der Waals surface area (Å²) < 4.78 is 11.5. The van der Waals surface area contributed by atoms with Crippen molar-refractivity contribution >= 4 is 23.3 Å². The standard InChI is InChI=1S/C28H34N6O2/c1-21-5-4-6-23(17-21)19-29-33-26-18-27(34-13-15-35-16-14-34)32-28(31-26)30-24-11-9-22(10-12-24)20-36-25-7-2-3-8-25/h4-6,9-12,17-18,25H,2-3,7-8,13-16,19-20H2,1H3,(H,30,31,32). The number of morpholine rings is 1. The molecular weight excluding hydrogens is 452 g/mol. The van der Waals surface area contributed by atoms with Gasteiger partial charge in [0.15, 0.2) is 5.82 Å². The second-order valence-corrected chi connectivity index (χ2v) is 9.44. The number of hydrogen-bond donors (Lipinski definition) is 1. The Morgan fingerprint density at radius 2 is 1.81 bits per heavy atom. The molecule has 1 N–H and O–H groups in total. The van der Waals surface area contributed by atoms with Crippen LogP contribution in [0.2, 0.25) is 0 Å². The molecule has 1 saturated carbocycles. The molecule has 36 heavy (non-hydrogen) atoms. The fraction of sp³-hybridized carbons (Fsp3) is 0.429. The second kappa shape index (κ2) is 12.1. The lowest BCUT2D eigenvalue weighted by Crippen LogP contribution is -2.36. The van der Waals surface area contributed by atoms with E-state index in [1.165, 1.54) is 36.8 Å². The molecule has 8 nitrogen and oxygen atoms in total. The van der Waals surface area contributed by atoms with Crippen molar-refractivity contribution in [2.45, 2.75) is 51.9 Å². The van der Waals surface area contributed by atoms with Crippen LogP contribution in [-0.2, 0) is 22.6 Å². The highest BCUT2D eigenvalue weighted by Gasteiger charge is 2.16. The van der Waals surface area contributed by atoms with E-state index < -0.39 is 0 Å². The Morgan fingerprint density at radius 1 is 1.00 bits per heavy atom. The minimum atomic E-state index is 0.414. The van der Waals surface area contributed by atoms with Crippen LogP contribution in [0.4, 0.5) is 23.3 Å². The van der Waals surface area contributed by atoms with Crippen molar-refractivity contribution in [1.29, 1.82) is 0 Å². The fourth-order valence-electron chi connectivity index (χ4n) is 4.57. The highest BCUT2D eigenvalue weighted by atomic mass is 16.5. The SMILES string of the molecule is Cc1cccc(CN=Nc2cc(N3CCOCC3)nc(Nc3ccc(COC4CCCC4)cc3)n2)c1. The third kappa shape index (κ3) is 6.86. The van der Waals surface area contributed by atoms with E-state index in [1.807, 2.05) is 24.3 Å². The van der Waals surface area contributed by atoms with Crippen molar-refractivity contribution in [3.8, 4) is 0 Å². The van der Waals surface area contributed by atoms with Crippen molar-refractivity contribution in [2.24, 2.45) is 10.2 Å². The van der Waals surface area contributed by atoms with E-state index >= 15 is 0 Å². The Bertz CT molecular complexity index is 1150. The normalized spacial score (nSPS) is 16.6. The van der Waals surface area contributed by atoms with E-state index in [0.717, 1.165) is 30.2 Å². The zero-order chi connectivity index (χ0) is 24.6. The Balaban J connectivity index is 1.29. The molecule has 2 fully saturated rings. The predicted molar refractivity (Wildman–Crippen MR) is 141 cm³/mol. The molecule has 0 unspecified atom stereocenters. The van der Waals surface area contributed by atoms with Gasteiger partial charge in [-0.15, -0.1) is 5.11 Å². The maximum atomic E-state index is 6.04. The molecule has 5 rings (SSSR count). The molecule has 8 heteroatoms. The summed E-state index contributed by atoms with van der Waals surface area (Å²) in [5, 5.41) is 12.2. The highest BCUT2D eigenvalue weighted by molar-refractivity contribution is 5.58. The number of nitrogens with one attached hydrogen (secondary N) is 1. The molecule has 1 aliphatic carbocycles. The fourth-order valence-corrected chi connectivity index (χ4v) is 4.57. The predicted octanol–water partition coefficient (Wildman–Crippen LogP) is 6.11. The van der Waals surface area contributed by atoms with Crippen LogP contribution < -0.4 is 10.2 Å². The molecule has 1 aliphatic heterocycles. The van der Waals surface area contributed by atoms with Crippen LogP contribution in [0, 0.1) is 6.92 Å². The monoisotopic (exact) mass is 486 g/mol. The second-order valence-electron chi connectivity index (χ2n) is 9.44. The third-order valence-electron chi connectivity index (χ3n) is 6.54. The molecule has 2 aliphatic rings. The number of rotatable bonds is 9. The largest absolute Gasteiger partial charge is 0.378 e. The summed E-state index contributed by atoms with van der Waals surface area (Å²) in [6.07, 6.45) is 5.34. The molecule has 0 amide bonds. The number of benzene rings is 2. The summed E-state index contributed by atoms with van der Waals surface area (Å²) >= 11 is 0. The molecule has 0 atom stereocenters. The highest BCUT2D eigenvalue weighted by Crippen LogP contribution is 2.25. The van der Waals surface area contributed by atoms with E-state index in [1.54, 1.807) is 0 Å². The molecule has 0 spiro atoms. The van der Waals surface area contributed by atoms with E-state index in [-0.39, 0.29) is 0 Å². The summed E-state index contributed by atoms with van der Waals surface area (Å²) in [6.45, 7) is 6.17. The molecule has 0 bridgehead atoms. The van der Waals surface area contributed by atoms with Crippen molar-refractivity contribution in [3.05, 3.63) is 71.3 Å². The van der Waals surface area contributed by atoms with Gasteiger partial charge in [-0.1, -0.05) is 54.8 Å². The van der Waals surface area contributed by atoms with Crippen LogP contribution >= 0.6 is 0 Å². The van der Waals surface area contributed by atoms with E-state index in [9.17, 15) is 0 Å². The molecule has 3 aromatic rings. The van der Waals surface area contributed by atoms with Gasteiger partial charge in [0.25, 0.3) is 0 Å². The average molecular weight is 487 g/mol. The number of anilines is 3. The van der Waals surface area contributed by atoms with Gasteiger partial charge < -0.3 is 19.7 Å². The third-order valence-corrected chi connectivity index (χ3v) is 6.54. The molecule has 0 radical (unpaired) electrons. The zero-order valence-corrected chi connectivity index (χ0v) is 20.9. The lowest BCUT2D eigenvalue weighted by atomic mass is 10.1. The maximum absolute atomic E-state index is 6.04. The number of ether oxygens (including phenoxy) is 2. The van der Waals surface area contributed by atoms with Gasteiger partial charge in [-0.25, -0.2) is 0 Å². The quantitative estimate of drug-likeness (QED) is 0.368. The Labute approximate surface area is 212 Å². The van der Waals surface area contributed by atoms with Crippen LogP contribution in [0.25, 0.3) is 0 Å². The summed E-state index contributed by atoms with van der Waals surface area (Å²) in [4.78, 5) is 11.6. The maximum Gasteiger partial charge on any atom is 0.231 e. The lowest BCUT2D eigenvalue weighted by Gasteiger charge is -2.28. The van der Waals surface area contributed by atoms with Gasteiger partial charge in [-0.05, 0) is 43.0 Å². The lowest BCUT2D eigenvalue weighted by molar-refractivity contribution is 0.0457. The molecule has 1 aromatic heterocycles. The Hall–Kier alpha value is -3.36. The Morgan fingerprint density at radius 3 is 2.58 bits per heavy atom. The van der Waals surface area contributed by atoms with Gasteiger partial charge in [0.05, 0.1) is 32.5 Å². The first-order valence-electron chi connectivity index (χ1n) is 12.8. The smallest absolute Gasteiger partial charge is 0.231 e.